The van der Waals surface area contributed by atoms with Gasteiger partial charge in [-0.15, -0.1) is 0 Å². The lowest BCUT2D eigenvalue weighted by molar-refractivity contribution is -0.350. The van der Waals surface area contributed by atoms with Crippen molar-refractivity contribution < 1.29 is 64.1 Å². The molecule has 0 bridgehead atoms. The third-order valence-electron chi connectivity index (χ3n) is 3.38. The Morgan fingerprint density at radius 2 is 1.17 bits per heavy atom. The van der Waals surface area contributed by atoms with E-state index in [0.717, 1.165) is 27.7 Å². The second-order valence-electron chi connectivity index (χ2n) is 5.18. The van der Waals surface area contributed by atoms with E-state index >= 15 is 4.39 Å². The van der Waals surface area contributed by atoms with Gasteiger partial charge in [-0.2, -0.15) is 22.0 Å². The van der Waals surface area contributed by atoms with E-state index in [1.807, 2.05) is 0 Å². The van der Waals surface area contributed by atoms with Crippen molar-refractivity contribution in [3.63, 3.8) is 0 Å². The van der Waals surface area contributed by atoms with Crippen LogP contribution in [0, 0.1) is 0 Å². The number of halogens is 6. The standard InChI is InChI=1S/C14H21F6O8P/c1-5-25-9(21)11(23,13(16,17)14(18,19)20)12(15,10(22)26-6-2)29(24,27-7-3)28-8-4/h23H,5-8H2,1-4H3. The number of alkyl halides is 6. The first-order valence-corrected chi connectivity index (χ1v) is 9.72. The number of hydrogen-bond donors (Lipinski definition) is 1. The predicted octanol–water partition coefficient (Wildman–Crippen LogP) is 2.97. The van der Waals surface area contributed by atoms with Crippen molar-refractivity contribution in [1.82, 2.24) is 0 Å². The zero-order valence-electron chi connectivity index (χ0n) is 15.8. The van der Waals surface area contributed by atoms with Crippen molar-refractivity contribution >= 4 is 19.5 Å². The van der Waals surface area contributed by atoms with Gasteiger partial charge >= 0.3 is 37.0 Å². The molecule has 2 atom stereocenters. The van der Waals surface area contributed by atoms with Gasteiger partial charge in [0.1, 0.15) is 0 Å². The molecule has 0 aromatic heterocycles. The molecule has 15 heteroatoms. The summed E-state index contributed by atoms with van der Waals surface area (Å²) >= 11 is 0. The Morgan fingerprint density at radius 3 is 1.48 bits per heavy atom. The molecule has 0 saturated heterocycles. The normalized spacial score (nSPS) is 17.2. The zero-order chi connectivity index (χ0) is 23.3. The SMILES string of the molecule is CCOC(=O)C(O)(C(F)(F)C(F)(F)F)C(F)(C(=O)OCC)P(=O)(OCC)OCC. The second-order valence-corrected chi connectivity index (χ2v) is 7.31. The quantitative estimate of drug-likeness (QED) is 0.284. The first-order chi connectivity index (χ1) is 13.1. The minimum Gasteiger partial charge on any atom is -0.464 e. The maximum Gasteiger partial charge on any atom is 0.457 e. The van der Waals surface area contributed by atoms with Gasteiger partial charge in [0.25, 0.3) is 5.60 Å². The summed E-state index contributed by atoms with van der Waals surface area (Å²) in [4.78, 5) is 24.2. The highest BCUT2D eigenvalue weighted by molar-refractivity contribution is 7.56. The zero-order valence-corrected chi connectivity index (χ0v) is 16.7. The van der Waals surface area contributed by atoms with Gasteiger partial charge < -0.3 is 23.6 Å². The van der Waals surface area contributed by atoms with Crippen molar-refractivity contribution in [1.29, 1.82) is 0 Å². The summed E-state index contributed by atoms with van der Waals surface area (Å²) < 4.78 is 113. The summed E-state index contributed by atoms with van der Waals surface area (Å²) in [5, 5.41) is 4.87. The lowest BCUT2D eigenvalue weighted by atomic mass is 9.88. The molecule has 0 aliphatic heterocycles. The molecule has 0 rings (SSSR count). The van der Waals surface area contributed by atoms with Crippen LogP contribution in [-0.4, -0.2) is 66.6 Å². The predicted molar refractivity (Wildman–Crippen MR) is 83.9 cm³/mol. The molecule has 1 N–H and O–H groups in total. The summed E-state index contributed by atoms with van der Waals surface area (Å²) in [6.07, 6.45) is -6.80. The Hall–Kier alpha value is -1.37. The molecule has 0 aromatic rings. The van der Waals surface area contributed by atoms with Gasteiger partial charge in [0, 0.05) is 0 Å². The molecule has 29 heavy (non-hydrogen) atoms. The van der Waals surface area contributed by atoms with E-state index in [1.165, 1.54) is 0 Å². The first-order valence-electron chi connectivity index (χ1n) is 8.18. The van der Waals surface area contributed by atoms with Crippen LogP contribution in [0.3, 0.4) is 0 Å². The number of aliphatic hydroxyl groups is 1. The van der Waals surface area contributed by atoms with Crippen molar-refractivity contribution in [2.75, 3.05) is 26.4 Å². The average Bonchev–Trinajstić information content (AvgIpc) is 2.59. The fraction of sp³-hybridized carbons (Fsp3) is 0.857. The number of rotatable bonds is 11. The van der Waals surface area contributed by atoms with Gasteiger partial charge in [-0.05, 0) is 27.7 Å². The molecule has 0 fully saturated rings. The average molecular weight is 462 g/mol. The molecule has 8 nitrogen and oxygen atoms in total. The summed E-state index contributed by atoms with van der Waals surface area (Å²) in [7, 11) is -6.06. The van der Waals surface area contributed by atoms with Crippen LogP contribution < -0.4 is 0 Å². The molecule has 172 valence electrons. The van der Waals surface area contributed by atoms with Gasteiger partial charge in [0.2, 0.25) is 0 Å². The van der Waals surface area contributed by atoms with Gasteiger partial charge in [0.15, 0.2) is 0 Å². The minimum atomic E-state index is -6.80. The monoisotopic (exact) mass is 462 g/mol. The largest absolute Gasteiger partial charge is 0.464 e. The van der Waals surface area contributed by atoms with Crippen molar-refractivity contribution in [3.8, 4) is 0 Å². The molecule has 0 saturated carbocycles. The van der Waals surface area contributed by atoms with E-state index in [9.17, 15) is 41.2 Å². The first kappa shape index (κ1) is 27.6. The lowest BCUT2D eigenvalue weighted by Crippen LogP contribution is -2.74. The molecule has 0 aliphatic rings. The van der Waals surface area contributed by atoms with Crippen LogP contribution in [0.4, 0.5) is 26.3 Å². The number of esters is 2. The van der Waals surface area contributed by atoms with E-state index in [-0.39, 0.29) is 0 Å². The third kappa shape index (κ3) is 4.39. The Morgan fingerprint density at radius 1 is 0.793 bits per heavy atom. The van der Waals surface area contributed by atoms with E-state index in [2.05, 4.69) is 18.5 Å². The van der Waals surface area contributed by atoms with Crippen LogP contribution in [0.2, 0.25) is 0 Å². The highest BCUT2D eigenvalue weighted by Crippen LogP contribution is 2.69. The second kappa shape index (κ2) is 9.63. The van der Waals surface area contributed by atoms with Crippen LogP contribution >= 0.6 is 7.60 Å². The van der Waals surface area contributed by atoms with E-state index in [1.54, 1.807) is 0 Å². The number of ether oxygens (including phenoxy) is 2. The highest BCUT2D eigenvalue weighted by Gasteiger charge is 2.89. The molecule has 0 heterocycles. The molecular weight excluding hydrogens is 441 g/mol. The Labute approximate surface area is 162 Å². The molecule has 0 aliphatic carbocycles. The van der Waals surface area contributed by atoms with Crippen LogP contribution in [0.5, 0.6) is 0 Å². The van der Waals surface area contributed by atoms with Crippen LogP contribution in [0.15, 0.2) is 0 Å². The molecule has 2 unspecified atom stereocenters. The highest BCUT2D eigenvalue weighted by atomic mass is 31.2. The number of carbonyl (C=O) groups excluding carboxylic acids is 2. The summed E-state index contributed by atoms with van der Waals surface area (Å²) in [5.74, 6) is -12.3. The maximum absolute atomic E-state index is 15.9. The molecule has 0 amide bonds. The van der Waals surface area contributed by atoms with Crippen LogP contribution in [0.25, 0.3) is 0 Å². The fourth-order valence-electron chi connectivity index (χ4n) is 2.15. The number of carbonyl (C=O) groups is 2. The Kier molecular flexibility index (Phi) is 9.17. The lowest BCUT2D eigenvalue weighted by Gasteiger charge is -2.43. The molecular formula is C14H21F6O8P. The number of hydrogen-bond acceptors (Lipinski definition) is 8. The maximum atomic E-state index is 15.9. The Balaban J connectivity index is 7.38. The molecule has 0 aromatic carbocycles. The third-order valence-corrected chi connectivity index (χ3v) is 5.84. The summed E-state index contributed by atoms with van der Waals surface area (Å²) in [5.41, 5.74) is -5.72. The van der Waals surface area contributed by atoms with E-state index in [4.69, 9.17) is 0 Å². The topological polar surface area (TPSA) is 108 Å². The van der Waals surface area contributed by atoms with Gasteiger partial charge in [0.05, 0.1) is 26.4 Å². The fourth-order valence-corrected chi connectivity index (χ4v) is 4.18. The van der Waals surface area contributed by atoms with Crippen molar-refractivity contribution in [2.24, 2.45) is 0 Å². The minimum absolute atomic E-state index is 0.820. The van der Waals surface area contributed by atoms with Crippen molar-refractivity contribution in [2.45, 2.75) is 50.8 Å². The van der Waals surface area contributed by atoms with Gasteiger partial charge in [-0.1, -0.05) is 0 Å². The van der Waals surface area contributed by atoms with Gasteiger partial charge in [-0.25, -0.2) is 14.0 Å². The smallest absolute Gasteiger partial charge is 0.457 e. The summed E-state index contributed by atoms with van der Waals surface area (Å²) in [6, 6.07) is 0. The van der Waals surface area contributed by atoms with Crippen LogP contribution in [0.1, 0.15) is 27.7 Å². The summed E-state index contributed by atoms with van der Waals surface area (Å²) in [6.45, 7) is 0.526. The van der Waals surface area contributed by atoms with E-state index in [0.29, 0.717) is 0 Å². The van der Waals surface area contributed by atoms with Crippen molar-refractivity contribution in [3.05, 3.63) is 0 Å². The van der Waals surface area contributed by atoms with Crippen LogP contribution in [-0.2, 0) is 32.7 Å². The van der Waals surface area contributed by atoms with Gasteiger partial charge in [-0.3, -0.25) is 4.57 Å². The molecule has 0 radical (unpaired) electrons. The van der Waals surface area contributed by atoms with E-state index < -0.39 is 69.1 Å². The Bertz CT molecular complexity index is 632. The molecule has 0 spiro atoms.